The lowest BCUT2D eigenvalue weighted by molar-refractivity contribution is 0.395. The maximum Gasteiger partial charge on any atom is 0.157 e. The molecular formula is C12H16BrNO2. The number of hydrogen-bond donors (Lipinski definition) is 3. The van der Waals surface area contributed by atoms with Crippen molar-refractivity contribution in [2.45, 2.75) is 18.8 Å². The molecule has 4 heteroatoms. The molecule has 1 aromatic carbocycles. The molecule has 3 N–H and O–H groups in total. The van der Waals surface area contributed by atoms with Crippen molar-refractivity contribution < 1.29 is 10.2 Å². The fraction of sp³-hybridized carbons (Fsp3) is 0.500. The van der Waals surface area contributed by atoms with Crippen LogP contribution in [0.1, 0.15) is 23.5 Å². The maximum atomic E-state index is 9.52. The lowest BCUT2D eigenvalue weighted by Crippen LogP contribution is -2.18. The molecule has 0 aromatic heterocycles. The number of aryl methyl sites for hydroxylation is 1. The van der Waals surface area contributed by atoms with Gasteiger partial charge in [0.2, 0.25) is 0 Å². The molecule has 88 valence electrons. The second-order valence-corrected chi connectivity index (χ2v) is 4.60. The van der Waals surface area contributed by atoms with Crippen molar-refractivity contribution in [1.29, 1.82) is 0 Å². The Labute approximate surface area is 105 Å². The molecule has 1 heterocycles. The molecule has 2 atom stereocenters. The summed E-state index contributed by atoms with van der Waals surface area (Å²) in [7, 11) is 0. The summed E-state index contributed by atoms with van der Waals surface area (Å²) in [6, 6.07) is 3.47. The summed E-state index contributed by atoms with van der Waals surface area (Å²) in [5, 5.41) is 22.4. The van der Waals surface area contributed by atoms with Crippen LogP contribution in [0.25, 0.3) is 0 Å². The Morgan fingerprint density at radius 1 is 1.12 bits per heavy atom. The smallest absolute Gasteiger partial charge is 0.157 e. The van der Waals surface area contributed by atoms with Crippen LogP contribution >= 0.6 is 17.0 Å². The molecule has 16 heavy (non-hydrogen) atoms. The number of halogens is 1. The van der Waals surface area contributed by atoms with E-state index in [9.17, 15) is 10.2 Å². The van der Waals surface area contributed by atoms with E-state index in [0.717, 1.165) is 19.5 Å². The number of nitrogens with one attached hydrogen (secondary N) is 1. The van der Waals surface area contributed by atoms with Gasteiger partial charge in [-0.25, -0.2) is 0 Å². The zero-order valence-corrected chi connectivity index (χ0v) is 10.7. The minimum absolute atomic E-state index is 0. The molecule has 1 fully saturated rings. The monoisotopic (exact) mass is 285 g/mol. The van der Waals surface area contributed by atoms with Gasteiger partial charge in [0.1, 0.15) is 0 Å². The van der Waals surface area contributed by atoms with Gasteiger partial charge >= 0.3 is 0 Å². The number of rotatable bonds is 0. The second-order valence-electron chi connectivity index (χ2n) is 4.60. The zero-order valence-electron chi connectivity index (χ0n) is 8.94. The lowest BCUT2D eigenvalue weighted by Gasteiger charge is -2.27. The zero-order chi connectivity index (χ0) is 10.4. The molecule has 2 aliphatic rings. The first kappa shape index (κ1) is 11.7. The summed E-state index contributed by atoms with van der Waals surface area (Å²) in [5.74, 6) is 1.26. The molecule has 1 aliphatic heterocycles. The summed E-state index contributed by atoms with van der Waals surface area (Å²) >= 11 is 0. The molecule has 0 amide bonds. The Hall–Kier alpha value is -0.740. The van der Waals surface area contributed by atoms with Crippen LogP contribution in [0.4, 0.5) is 0 Å². The number of fused-ring (bicyclic) bond motifs is 3. The van der Waals surface area contributed by atoms with Gasteiger partial charge in [0.25, 0.3) is 0 Å². The predicted octanol–water partition coefficient (Wildman–Crippen LogP) is 1.92. The Morgan fingerprint density at radius 2 is 1.88 bits per heavy atom. The summed E-state index contributed by atoms with van der Waals surface area (Å²) in [6.45, 7) is 2.09. The van der Waals surface area contributed by atoms with Gasteiger partial charge in [-0.05, 0) is 48.6 Å². The largest absolute Gasteiger partial charge is 0.504 e. The average Bonchev–Trinajstić information content (AvgIpc) is 2.68. The first-order valence-corrected chi connectivity index (χ1v) is 5.51. The Bertz CT molecular complexity index is 408. The van der Waals surface area contributed by atoms with Crippen molar-refractivity contribution in [2.24, 2.45) is 5.92 Å². The predicted molar refractivity (Wildman–Crippen MR) is 67.5 cm³/mol. The fourth-order valence-corrected chi connectivity index (χ4v) is 2.94. The number of hydrogen-bond acceptors (Lipinski definition) is 3. The van der Waals surface area contributed by atoms with Gasteiger partial charge in [0.05, 0.1) is 0 Å². The average molecular weight is 286 g/mol. The van der Waals surface area contributed by atoms with Crippen LogP contribution in [-0.4, -0.2) is 23.3 Å². The standard InChI is InChI=1S/C12H15NO2.BrH/c14-11-3-7-1-2-8-5-13-6-10(8)9(7)4-12(11)15;/h3-4,8,10,13-15H,1-2,5-6H2;1H. The molecule has 3 rings (SSSR count). The van der Waals surface area contributed by atoms with Crippen molar-refractivity contribution in [3.63, 3.8) is 0 Å². The van der Waals surface area contributed by atoms with Crippen LogP contribution in [0, 0.1) is 5.92 Å². The minimum Gasteiger partial charge on any atom is -0.504 e. The Kier molecular flexibility index (Phi) is 3.13. The van der Waals surface area contributed by atoms with Gasteiger partial charge in [0, 0.05) is 12.5 Å². The third-order valence-corrected chi connectivity index (χ3v) is 3.76. The minimum atomic E-state index is 0. The van der Waals surface area contributed by atoms with Crippen LogP contribution in [0.3, 0.4) is 0 Å². The number of phenols is 2. The van der Waals surface area contributed by atoms with Gasteiger partial charge in [-0.2, -0.15) is 0 Å². The van der Waals surface area contributed by atoms with E-state index in [4.69, 9.17) is 0 Å². The van der Waals surface area contributed by atoms with E-state index in [-0.39, 0.29) is 28.5 Å². The normalized spacial score (nSPS) is 26.8. The maximum absolute atomic E-state index is 9.52. The van der Waals surface area contributed by atoms with Crippen LogP contribution in [-0.2, 0) is 6.42 Å². The molecule has 1 aliphatic carbocycles. The quantitative estimate of drug-likeness (QED) is 0.639. The SMILES string of the molecule is Br.Oc1cc2c(cc1O)C1CNCC1CC2. The van der Waals surface area contributed by atoms with E-state index in [1.807, 2.05) is 0 Å². The van der Waals surface area contributed by atoms with E-state index in [2.05, 4.69) is 5.32 Å². The summed E-state index contributed by atoms with van der Waals surface area (Å²) < 4.78 is 0. The fourth-order valence-electron chi connectivity index (χ4n) is 2.94. The van der Waals surface area contributed by atoms with Gasteiger partial charge < -0.3 is 15.5 Å². The van der Waals surface area contributed by atoms with E-state index >= 15 is 0 Å². The Morgan fingerprint density at radius 3 is 2.69 bits per heavy atom. The highest BCUT2D eigenvalue weighted by Crippen LogP contribution is 2.42. The number of phenolic OH excluding ortho intramolecular Hbond substituents is 2. The molecule has 1 aromatic rings. The van der Waals surface area contributed by atoms with Crippen molar-refractivity contribution in [3.05, 3.63) is 23.3 Å². The third kappa shape index (κ3) is 1.70. The van der Waals surface area contributed by atoms with E-state index in [0.29, 0.717) is 11.8 Å². The summed E-state index contributed by atoms with van der Waals surface area (Å²) in [6.07, 6.45) is 2.21. The van der Waals surface area contributed by atoms with Crippen LogP contribution in [0.2, 0.25) is 0 Å². The highest BCUT2D eigenvalue weighted by atomic mass is 79.9. The number of benzene rings is 1. The molecule has 1 saturated heterocycles. The van der Waals surface area contributed by atoms with Gasteiger partial charge in [-0.15, -0.1) is 17.0 Å². The van der Waals surface area contributed by atoms with Crippen LogP contribution < -0.4 is 5.32 Å². The van der Waals surface area contributed by atoms with Crippen LogP contribution in [0.15, 0.2) is 12.1 Å². The van der Waals surface area contributed by atoms with Crippen molar-refractivity contribution in [2.75, 3.05) is 13.1 Å². The van der Waals surface area contributed by atoms with Crippen molar-refractivity contribution in [3.8, 4) is 11.5 Å². The Balaban J connectivity index is 0.000000963. The summed E-state index contributed by atoms with van der Waals surface area (Å²) in [4.78, 5) is 0. The molecule has 0 radical (unpaired) electrons. The topological polar surface area (TPSA) is 52.5 Å². The second kappa shape index (κ2) is 4.26. The van der Waals surface area contributed by atoms with Gasteiger partial charge in [-0.3, -0.25) is 0 Å². The van der Waals surface area contributed by atoms with Crippen molar-refractivity contribution >= 4 is 17.0 Å². The first-order valence-electron chi connectivity index (χ1n) is 5.51. The number of aromatic hydroxyl groups is 2. The van der Waals surface area contributed by atoms with Gasteiger partial charge in [-0.1, -0.05) is 0 Å². The molecular weight excluding hydrogens is 270 g/mol. The molecule has 3 nitrogen and oxygen atoms in total. The highest BCUT2D eigenvalue weighted by Gasteiger charge is 2.33. The highest BCUT2D eigenvalue weighted by molar-refractivity contribution is 8.93. The molecule has 0 saturated carbocycles. The lowest BCUT2D eigenvalue weighted by atomic mass is 9.77. The molecule has 2 unspecified atom stereocenters. The third-order valence-electron chi connectivity index (χ3n) is 3.76. The molecule has 0 bridgehead atoms. The first-order chi connectivity index (χ1) is 7.25. The van der Waals surface area contributed by atoms with E-state index in [1.54, 1.807) is 12.1 Å². The van der Waals surface area contributed by atoms with E-state index < -0.39 is 0 Å². The van der Waals surface area contributed by atoms with Gasteiger partial charge in [0.15, 0.2) is 11.5 Å². The van der Waals surface area contributed by atoms with Crippen molar-refractivity contribution in [1.82, 2.24) is 5.32 Å². The molecule has 0 spiro atoms. The van der Waals surface area contributed by atoms with Crippen LogP contribution in [0.5, 0.6) is 11.5 Å². The summed E-state index contributed by atoms with van der Waals surface area (Å²) in [5.41, 5.74) is 2.43. The van der Waals surface area contributed by atoms with E-state index in [1.165, 1.54) is 17.5 Å².